The lowest BCUT2D eigenvalue weighted by atomic mass is 9.86. The number of ketones is 1. The largest absolute Gasteiger partial charge is 0.298 e. The van der Waals surface area contributed by atoms with E-state index in [9.17, 15) is 4.79 Å². The van der Waals surface area contributed by atoms with Crippen molar-refractivity contribution in [1.82, 2.24) is 4.90 Å². The van der Waals surface area contributed by atoms with E-state index < -0.39 is 0 Å². The van der Waals surface area contributed by atoms with Crippen molar-refractivity contribution in [3.63, 3.8) is 0 Å². The van der Waals surface area contributed by atoms with Crippen LogP contribution in [0.25, 0.3) is 0 Å². The van der Waals surface area contributed by atoms with E-state index in [-0.39, 0.29) is 17.2 Å². The Morgan fingerprint density at radius 3 is 1.85 bits per heavy atom. The van der Waals surface area contributed by atoms with Crippen LogP contribution in [-0.2, 0) is 4.79 Å². The van der Waals surface area contributed by atoms with Gasteiger partial charge < -0.3 is 0 Å². The number of carbonyl (C=O) groups excluding carboxylic acids is 1. The lowest BCUT2D eigenvalue weighted by Gasteiger charge is -2.38. The molecule has 2 heteroatoms. The first kappa shape index (κ1) is 12.6. The van der Waals surface area contributed by atoms with Crippen LogP contribution in [0.4, 0.5) is 0 Å². The molecule has 0 N–H and O–H groups in total. The summed E-state index contributed by atoms with van der Waals surface area (Å²) in [5.74, 6) is 0.235. The van der Waals surface area contributed by atoms with Crippen LogP contribution in [0.3, 0.4) is 0 Å². The molecule has 0 rings (SSSR count). The second-order valence-corrected chi connectivity index (χ2v) is 4.99. The lowest BCUT2D eigenvalue weighted by molar-refractivity contribution is -0.122. The molecule has 2 atom stereocenters. The Balaban J connectivity index is 4.42. The number of likely N-dealkylation sites (N-methyl/N-ethyl adjacent to an activating group) is 1. The van der Waals surface area contributed by atoms with Crippen LogP contribution in [0.2, 0.25) is 0 Å². The van der Waals surface area contributed by atoms with Crippen molar-refractivity contribution < 1.29 is 4.79 Å². The Morgan fingerprint density at radius 2 is 1.62 bits per heavy atom. The highest BCUT2D eigenvalue weighted by Gasteiger charge is 2.27. The van der Waals surface area contributed by atoms with Crippen molar-refractivity contribution in [3.8, 4) is 0 Å². The molecule has 0 bridgehead atoms. The molecular weight excluding hydrogens is 162 g/mol. The van der Waals surface area contributed by atoms with Gasteiger partial charge in [0, 0.05) is 6.04 Å². The van der Waals surface area contributed by atoms with Gasteiger partial charge >= 0.3 is 0 Å². The molecular formula is C11H23NO. The van der Waals surface area contributed by atoms with E-state index in [1.165, 1.54) is 0 Å². The molecule has 0 heterocycles. The van der Waals surface area contributed by atoms with E-state index in [0.29, 0.717) is 6.04 Å². The Morgan fingerprint density at radius 1 is 1.23 bits per heavy atom. The Hall–Kier alpha value is -0.370. The Labute approximate surface area is 82.3 Å². The third kappa shape index (κ3) is 3.47. The van der Waals surface area contributed by atoms with Gasteiger partial charge in [0.05, 0.1) is 6.04 Å². The molecule has 0 aliphatic carbocycles. The summed E-state index contributed by atoms with van der Waals surface area (Å²) in [5, 5.41) is 0. The molecule has 0 fully saturated rings. The number of hydrogen-bond donors (Lipinski definition) is 0. The van der Waals surface area contributed by atoms with Crippen molar-refractivity contribution in [2.45, 2.75) is 53.6 Å². The van der Waals surface area contributed by atoms with E-state index in [4.69, 9.17) is 0 Å². The van der Waals surface area contributed by atoms with Gasteiger partial charge in [0.25, 0.3) is 0 Å². The highest BCUT2D eigenvalue weighted by molar-refractivity contribution is 5.80. The average Bonchev–Trinajstić information content (AvgIpc) is 1.98. The zero-order valence-corrected chi connectivity index (χ0v) is 10.0. The van der Waals surface area contributed by atoms with Gasteiger partial charge in [-0.1, -0.05) is 20.8 Å². The third-order valence-electron chi connectivity index (χ3n) is 3.06. The van der Waals surface area contributed by atoms with Gasteiger partial charge in [0.2, 0.25) is 0 Å². The second-order valence-electron chi connectivity index (χ2n) is 4.99. The molecule has 13 heavy (non-hydrogen) atoms. The normalized spacial score (nSPS) is 17.2. The molecule has 0 spiro atoms. The number of hydrogen-bond acceptors (Lipinski definition) is 2. The molecule has 0 aliphatic rings. The molecule has 0 saturated carbocycles. The minimum Gasteiger partial charge on any atom is -0.298 e. The van der Waals surface area contributed by atoms with Gasteiger partial charge in [-0.25, -0.2) is 0 Å². The zero-order valence-electron chi connectivity index (χ0n) is 10.0. The number of Topliss-reactive ketones (excluding diaryl/α,β-unsaturated/α-hetero) is 1. The third-order valence-corrected chi connectivity index (χ3v) is 3.06. The number of carbonyl (C=O) groups is 1. The summed E-state index contributed by atoms with van der Waals surface area (Å²) in [6, 6.07) is 0.431. The van der Waals surface area contributed by atoms with E-state index in [2.05, 4.69) is 32.6 Å². The van der Waals surface area contributed by atoms with E-state index >= 15 is 0 Å². The molecule has 0 aliphatic heterocycles. The highest BCUT2D eigenvalue weighted by atomic mass is 16.1. The Bertz CT molecular complexity index is 181. The van der Waals surface area contributed by atoms with E-state index in [1.807, 2.05) is 14.0 Å². The highest BCUT2D eigenvalue weighted by Crippen LogP contribution is 2.24. The maximum absolute atomic E-state index is 11.2. The average molecular weight is 185 g/mol. The van der Waals surface area contributed by atoms with Gasteiger partial charge in [-0.2, -0.15) is 0 Å². The zero-order chi connectivity index (χ0) is 10.8. The fourth-order valence-corrected chi connectivity index (χ4v) is 1.23. The quantitative estimate of drug-likeness (QED) is 0.672. The van der Waals surface area contributed by atoms with Crippen LogP contribution in [0.5, 0.6) is 0 Å². The molecule has 0 aromatic rings. The van der Waals surface area contributed by atoms with Crippen LogP contribution in [0, 0.1) is 5.41 Å². The minimum atomic E-state index is 0.0224. The summed E-state index contributed by atoms with van der Waals surface area (Å²) >= 11 is 0. The van der Waals surface area contributed by atoms with Crippen LogP contribution in [0.15, 0.2) is 0 Å². The monoisotopic (exact) mass is 185 g/mol. The fourth-order valence-electron chi connectivity index (χ4n) is 1.23. The van der Waals surface area contributed by atoms with Gasteiger partial charge in [0.1, 0.15) is 5.78 Å². The van der Waals surface area contributed by atoms with Gasteiger partial charge in [0.15, 0.2) is 0 Å². The summed E-state index contributed by atoms with van der Waals surface area (Å²) in [5.41, 5.74) is 0.221. The van der Waals surface area contributed by atoms with Crippen LogP contribution in [0.1, 0.15) is 41.5 Å². The minimum absolute atomic E-state index is 0.0224. The molecule has 78 valence electrons. The van der Waals surface area contributed by atoms with Crippen LogP contribution in [-0.4, -0.2) is 29.8 Å². The van der Waals surface area contributed by atoms with Crippen molar-refractivity contribution in [2.75, 3.05) is 7.05 Å². The smallest absolute Gasteiger partial charge is 0.146 e. The molecule has 0 aromatic heterocycles. The first-order valence-electron chi connectivity index (χ1n) is 4.90. The summed E-state index contributed by atoms with van der Waals surface area (Å²) in [4.78, 5) is 13.3. The fraction of sp³-hybridized carbons (Fsp3) is 0.909. The number of nitrogens with zero attached hydrogens (tertiary/aromatic N) is 1. The lowest BCUT2D eigenvalue weighted by Crippen LogP contribution is -2.46. The van der Waals surface area contributed by atoms with Gasteiger partial charge in [-0.05, 0) is 33.2 Å². The van der Waals surface area contributed by atoms with Crippen LogP contribution >= 0.6 is 0 Å². The molecule has 0 amide bonds. The first-order chi connectivity index (χ1) is 5.68. The number of rotatable bonds is 3. The predicted octanol–water partition coefficient (Wildman–Crippen LogP) is 2.33. The standard InChI is InChI=1S/C11H23NO/c1-8(9(2)13)12(7)10(3)11(4,5)6/h8,10H,1-7H3. The van der Waals surface area contributed by atoms with Gasteiger partial charge in [-0.3, -0.25) is 9.69 Å². The molecule has 0 saturated heterocycles. The SMILES string of the molecule is CC(=O)C(C)N(C)C(C)C(C)(C)C. The maximum Gasteiger partial charge on any atom is 0.146 e. The van der Waals surface area contributed by atoms with E-state index in [0.717, 1.165) is 0 Å². The van der Waals surface area contributed by atoms with E-state index in [1.54, 1.807) is 6.92 Å². The molecule has 0 radical (unpaired) electrons. The maximum atomic E-state index is 11.2. The molecule has 0 aromatic carbocycles. The van der Waals surface area contributed by atoms with Crippen LogP contribution < -0.4 is 0 Å². The second kappa shape index (κ2) is 4.23. The topological polar surface area (TPSA) is 20.3 Å². The summed E-state index contributed by atoms with van der Waals surface area (Å²) in [7, 11) is 2.02. The molecule has 2 nitrogen and oxygen atoms in total. The van der Waals surface area contributed by atoms with Crippen molar-refractivity contribution in [2.24, 2.45) is 5.41 Å². The van der Waals surface area contributed by atoms with Crippen molar-refractivity contribution >= 4 is 5.78 Å². The van der Waals surface area contributed by atoms with Crippen molar-refractivity contribution in [3.05, 3.63) is 0 Å². The predicted molar refractivity (Wildman–Crippen MR) is 56.8 cm³/mol. The summed E-state index contributed by atoms with van der Waals surface area (Å²) < 4.78 is 0. The molecule has 2 unspecified atom stereocenters. The summed E-state index contributed by atoms with van der Waals surface area (Å²) in [6.45, 7) is 12.4. The first-order valence-corrected chi connectivity index (χ1v) is 4.90. The Kier molecular flexibility index (Phi) is 4.11. The van der Waals surface area contributed by atoms with Gasteiger partial charge in [-0.15, -0.1) is 0 Å². The van der Waals surface area contributed by atoms with Crippen molar-refractivity contribution in [1.29, 1.82) is 0 Å². The summed E-state index contributed by atoms with van der Waals surface area (Å²) in [6.07, 6.45) is 0.